The molecule has 156 valence electrons. The van der Waals surface area contributed by atoms with Crippen molar-refractivity contribution in [3.05, 3.63) is 53.8 Å². The molecular weight excluding hydrogens is 393 g/mol. The maximum absolute atomic E-state index is 13.2. The second-order valence-corrected chi connectivity index (χ2v) is 6.23. The summed E-state index contributed by atoms with van der Waals surface area (Å²) in [7, 11) is 3.08. The Kier molecular flexibility index (Phi) is 6.58. The molecule has 0 fully saturated rings. The number of methoxy groups -OCH3 is 2. The zero-order valence-electron chi connectivity index (χ0n) is 16.3. The van der Waals surface area contributed by atoms with Crippen LogP contribution < -0.4 is 25.5 Å². The number of carbonyl (C=O) groups excluding carboxylic acids is 2. The van der Waals surface area contributed by atoms with Crippen molar-refractivity contribution in [3.8, 4) is 11.5 Å². The number of carbonyl (C=O) groups is 2. The minimum atomic E-state index is -0.905. The highest BCUT2D eigenvalue weighted by molar-refractivity contribution is 6.07. The lowest BCUT2D eigenvalue weighted by Crippen LogP contribution is -2.35. The van der Waals surface area contributed by atoms with Crippen LogP contribution in [0.4, 0.5) is 10.1 Å². The van der Waals surface area contributed by atoms with Gasteiger partial charge in [0.2, 0.25) is 11.9 Å². The molecule has 1 aliphatic heterocycles. The molecule has 1 unspecified atom stereocenters. The van der Waals surface area contributed by atoms with E-state index in [-0.39, 0.29) is 12.4 Å². The monoisotopic (exact) mass is 413 g/mol. The van der Waals surface area contributed by atoms with Crippen molar-refractivity contribution in [1.82, 2.24) is 10.7 Å². The van der Waals surface area contributed by atoms with E-state index in [2.05, 4.69) is 26.2 Å². The molecule has 2 amide bonds. The Labute approximate surface area is 172 Å². The van der Waals surface area contributed by atoms with Gasteiger partial charge in [0.1, 0.15) is 11.9 Å². The van der Waals surface area contributed by atoms with Gasteiger partial charge in [-0.25, -0.2) is 14.8 Å². The third kappa shape index (κ3) is 5.31. The molecule has 0 saturated heterocycles. The average molecular weight is 413 g/mol. The van der Waals surface area contributed by atoms with Gasteiger partial charge in [0, 0.05) is 5.69 Å². The van der Waals surface area contributed by atoms with Crippen LogP contribution in [-0.4, -0.2) is 44.2 Å². The van der Waals surface area contributed by atoms with Gasteiger partial charge < -0.3 is 14.8 Å². The Morgan fingerprint density at radius 3 is 2.77 bits per heavy atom. The van der Waals surface area contributed by atoms with E-state index in [1.807, 2.05) is 0 Å². The Morgan fingerprint density at radius 1 is 1.23 bits per heavy atom. The fourth-order valence-corrected chi connectivity index (χ4v) is 2.70. The Bertz CT molecular complexity index is 1010. The van der Waals surface area contributed by atoms with E-state index in [0.717, 1.165) is 5.56 Å². The first kappa shape index (κ1) is 20.8. The fourth-order valence-electron chi connectivity index (χ4n) is 2.70. The number of hydrazone groups is 1. The number of guanidine groups is 1. The molecule has 0 saturated carbocycles. The number of ether oxygens (including phenoxy) is 2. The number of amides is 2. The van der Waals surface area contributed by atoms with Crippen LogP contribution in [0.25, 0.3) is 0 Å². The standard InChI is InChI=1S/C20H20FN5O4/c1-29-16-7-6-12(8-17(16)30-2)11-22-26-20-24-15(19(28)25-20)10-18(27)23-14-5-3-4-13(21)9-14/h3-9,11,15H,10H2,1-2H3,(H,23,27)(H2,24,25,26,28)/b22-11+. The van der Waals surface area contributed by atoms with Gasteiger partial charge in [-0.2, -0.15) is 5.10 Å². The normalized spacial score (nSPS) is 15.5. The van der Waals surface area contributed by atoms with E-state index in [9.17, 15) is 14.0 Å². The highest BCUT2D eigenvalue weighted by atomic mass is 19.1. The molecule has 2 aromatic carbocycles. The molecule has 10 heteroatoms. The molecule has 0 radical (unpaired) electrons. The largest absolute Gasteiger partial charge is 0.493 e. The zero-order chi connectivity index (χ0) is 21.5. The lowest BCUT2D eigenvalue weighted by Gasteiger charge is -2.07. The van der Waals surface area contributed by atoms with Crippen LogP contribution in [-0.2, 0) is 9.59 Å². The number of halogens is 1. The lowest BCUT2D eigenvalue weighted by atomic mass is 10.2. The molecule has 0 spiro atoms. The second kappa shape index (κ2) is 9.50. The van der Waals surface area contributed by atoms with Crippen LogP contribution in [0.5, 0.6) is 11.5 Å². The predicted octanol–water partition coefficient (Wildman–Crippen LogP) is 1.65. The highest BCUT2D eigenvalue weighted by Crippen LogP contribution is 2.26. The number of hydrogen-bond donors (Lipinski definition) is 3. The van der Waals surface area contributed by atoms with Gasteiger partial charge in [-0.15, -0.1) is 0 Å². The van der Waals surface area contributed by atoms with Crippen molar-refractivity contribution >= 4 is 29.7 Å². The highest BCUT2D eigenvalue weighted by Gasteiger charge is 2.28. The molecule has 0 bridgehead atoms. The molecule has 30 heavy (non-hydrogen) atoms. The molecule has 3 rings (SSSR count). The third-order valence-electron chi connectivity index (χ3n) is 4.11. The molecule has 3 N–H and O–H groups in total. The van der Waals surface area contributed by atoms with Gasteiger partial charge in [0.25, 0.3) is 5.91 Å². The number of anilines is 1. The third-order valence-corrected chi connectivity index (χ3v) is 4.11. The molecule has 1 aliphatic rings. The van der Waals surface area contributed by atoms with Crippen molar-refractivity contribution in [3.63, 3.8) is 0 Å². The summed E-state index contributed by atoms with van der Waals surface area (Å²) >= 11 is 0. The van der Waals surface area contributed by atoms with Crippen LogP contribution >= 0.6 is 0 Å². The molecule has 0 aromatic heterocycles. The molecule has 0 aliphatic carbocycles. The number of benzene rings is 2. The SMILES string of the molecule is COc1ccc(/C=N/NC2=NC(CC(=O)Nc3cccc(F)c3)C(=O)N2)cc1OC. The van der Waals surface area contributed by atoms with Crippen LogP contribution in [0.1, 0.15) is 12.0 Å². The summed E-state index contributed by atoms with van der Waals surface area (Å²) in [6, 6.07) is 9.83. The minimum Gasteiger partial charge on any atom is -0.493 e. The topological polar surface area (TPSA) is 113 Å². The van der Waals surface area contributed by atoms with Crippen molar-refractivity contribution in [1.29, 1.82) is 0 Å². The minimum absolute atomic E-state index is 0.125. The summed E-state index contributed by atoms with van der Waals surface area (Å²) in [4.78, 5) is 28.2. The van der Waals surface area contributed by atoms with Gasteiger partial charge in [-0.1, -0.05) is 6.07 Å². The van der Waals surface area contributed by atoms with Crippen molar-refractivity contribution in [2.24, 2.45) is 10.1 Å². The summed E-state index contributed by atoms with van der Waals surface area (Å²) in [5, 5.41) is 9.06. The van der Waals surface area contributed by atoms with Crippen LogP contribution in [0.15, 0.2) is 52.6 Å². The van der Waals surface area contributed by atoms with E-state index in [4.69, 9.17) is 9.47 Å². The Hall–Kier alpha value is -3.95. The van der Waals surface area contributed by atoms with Crippen molar-refractivity contribution in [2.45, 2.75) is 12.5 Å². The zero-order valence-corrected chi connectivity index (χ0v) is 16.3. The van der Waals surface area contributed by atoms with E-state index in [1.54, 1.807) is 31.4 Å². The molecular formula is C20H20FN5O4. The summed E-state index contributed by atoms with van der Waals surface area (Å²) in [6.45, 7) is 0. The van der Waals surface area contributed by atoms with Crippen LogP contribution in [0.3, 0.4) is 0 Å². The van der Waals surface area contributed by atoms with E-state index in [1.165, 1.54) is 31.5 Å². The molecule has 1 heterocycles. The number of nitrogens with one attached hydrogen (secondary N) is 3. The maximum atomic E-state index is 13.2. The summed E-state index contributed by atoms with van der Waals surface area (Å²) < 4.78 is 23.6. The number of nitrogens with zero attached hydrogens (tertiary/aromatic N) is 2. The lowest BCUT2D eigenvalue weighted by molar-refractivity contribution is -0.123. The maximum Gasteiger partial charge on any atom is 0.252 e. The Balaban J connectivity index is 1.56. The van der Waals surface area contributed by atoms with E-state index in [0.29, 0.717) is 17.2 Å². The van der Waals surface area contributed by atoms with Gasteiger partial charge in [-0.3, -0.25) is 14.9 Å². The van der Waals surface area contributed by atoms with Crippen molar-refractivity contribution in [2.75, 3.05) is 19.5 Å². The van der Waals surface area contributed by atoms with Crippen LogP contribution in [0.2, 0.25) is 0 Å². The summed E-state index contributed by atoms with van der Waals surface area (Å²) in [5.41, 5.74) is 3.66. The Morgan fingerprint density at radius 2 is 2.03 bits per heavy atom. The van der Waals surface area contributed by atoms with Crippen LogP contribution in [0, 0.1) is 5.82 Å². The number of rotatable bonds is 7. The number of aliphatic imine (C=N–C) groups is 1. The van der Waals surface area contributed by atoms with Gasteiger partial charge in [0.15, 0.2) is 11.5 Å². The number of hydrogen-bond acceptors (Lipinski definition) is 7. The molecule has 2 aromatic rings. The van der Waals surface area contributed by atoms with Gasteiger partial charge in [-0.05, 0) is 42.0 Å². The van der Waals surface area contributed by atoms with Gasteiger partial charge >= 0.3 is 0 Å². The predicted molar refractivity (Wildman–Crippen MR) is 109 cm³/mol. The summed E-state index contributed by atoms with van der Waals surface area (Å²) in [6.07, 6.45) is 1.33. The average Bonchev–Trinajstić information content (AvgIpc) is 3.06. The fraction of sp³-hybridized carbons (Fsp3) is 0.200. The quantitative estimate of drug-likeness (QED) is 0.472. The first-order valence-corrected chi connectivity index (χ1v) is 8.93. The second-order valence-electron chi connectivity index (χ2n) is 6.23. The molecule has 1 atom stereocenters. The first-order valence-electron chi connectivity index (χ1n) is 8.93. The first-order chi connectivity index (χ1) is 14.5. The van der Waals surface area contributed by atoms with E-state index < -0.39 is 23.7 Å². The van der Waals surface area contributed by atoms with E-state index >= 15 is 0 Å². The smallest absolute Gasteiger partial charge is 0.252 e. The molecule has 9 nitrogen and oxygen atoms in total. The van der Waals surface area contributed by atoms with Crippen molar-refractivity contribution < 1.29 is 23.5 Å². The summed E-state index contributed by atoms with van der Waals surface area (Å²) in [5.74, 6) is -0.0944. The van der Waals surface area contributed by atoms with Gasteiger partial charge in [0.05, 0.1) is 26.9 Å².